The molecule has 4 heteroatoms. The minimum Gasteiger partial charge on any atom is -0.346 e. The second-order valence-corrected chi connectivity index (χ2v) is 7.18. The number of thioether (sulfide) groups is 1. The Balaban J connectivity index is 2.17. The third kappa shape index (κ3) is 3.59. The molecule has 1 fully saturated rings. The van der Waals surface area contributed by atoms with E-state index in [0.717, 1.165) is 28.6 Å². The van der Waals surface area contributed by atoms with Crippen LogP contribution in [-0.4, -0.2) is 23.0 Å². The molecule has 0 aromatic heterocycles. The third-order valence-corrected chi connectivity index (χ3v) is 5.95. The number of nitrogens with one attached hydrogen (secondary N) is 1. The van der Waals surface area contributed by atoms with E-state index in [1.54, 1.807) is 11.8 Å². The molecule has 0 heterocycles. The Labute approximate surface area is 134 Å². The van der Waals surface area contributed by atoms with Crippen molar-refractivity contribution < 1.29 is 4.79 Å². The number of benzene rings is 1. The van der Waals surface area contributed by atoms with E-state index in [-0.39, 0.29) is 11.4 Å². The Bertz CT molecular complexity index is 479. The fourth-order valence-corrected chi connectivity index (χ4v) is 4.31. The average Bonchev–Trinajstić information content (AvgIpc) is 2.47. The molecule has 0 saturated heterocycles. The van der Waals surface area contributed by atoms with Crippen LogP contribution in [0.5, 0.6) is 0 Å². The van der Waals surface area contributed by atoms with Gasteiger partial charge in [-0.2, -0.15) is 0 Å². The van der Waals surface area contributed by atoms with Gasteiger partial charge in [0, 0.05) is 10.2 Å². The first-order chi connectivity index (χ1) is 9.60. The number of halogens is 1. The maximum absolute atomic E-state index is 12.6. The molecule has 0 radical (unpaired) electrons. The van der Waals surface area contributed by atoms with Crippen molar-refractivity contribution in [2.45, 2.75) is 43.0 Å². The quantitative estimate of drug-likeness (QED) is 0.637. The highest BCUT2D eigenvalue weighted by molar-refractivity contribution is 9.09. The van der Waals surface area contributed by atoms with Gasteiger partial charge in [0.25, 0.3) is 5.91 Å². The van der Waals surface area contributed by atoms with Crippen molar-refractivity contribution in [2.24, 2.45) is 5.92 Å². The zero-order valence-electron chi connectivity index (χ0n) is 12.1. The van der Waals surface area contributed by atoms with Crippen LogP contribution < -0.4 is 5.32 Å². The number of carbonyl (C=O) groups excluding carboxylic acids is 1. The molecular weight excluding hydrogens is 334 g/mol. The molecule has 2 rings (SSSR count). The predicted molar refractivity (Wildman–Crippen MR) is 89.8 cm³/mol. The van der Waals surface area contributed by atoms with Crippen molar-refractivity contribution in [1.29, 1.82) is 0 Å². The smallest absolute Gasteiger partial charge is 0.252 e. The van der Waals surface area contributed by atoms with Gasteiger partial charge in [-0.25, -0.2) is 0 Å². The minimum absolute atomic E-state index is 0.0588. The normalized spacial score (nSPS) is 26.2. The van der Waals surface area contributed by atoms with Gasteiger partial charge in [0.05, 0.1) is 11.1 Å². The fraction of sp³-hybridized carbons (Fsp3) is 0.562. The van der Waals surface area contributed by atoms with Crippen LogP contribution in [0.2, 0.25) is 0 Å². The van der Waals surface area contributed by atoms with Gasteiger partial charge in [-0.3, -0.25) is 4.79 Å². The van der Waals surface area contributed by atoms with Gasteiger partial charge in [-0.15, -0.1) is 11.8 Å². The Kier molecular flexibility index (Phi) is 5.56. The van der Waals surface area contributed by atoms with Gasteiger partial charge < -0.3 is 5.32 Å². The van der Waals surface area contributed by atoms with E-state index in [9.17, 15) is 4.79 Å². The van der Waals surface area contributed by atoms with Crippen LogP contribution in [-0.2, 0) is 0 Å². The fourth-order valence-electron chi connectivity index (χ4n) is 3.07. The van der Waals surface area contributed by atoms with Crippen molar-refractivity contribution >= 4 is 33.6 Å². The largest absolute Gasteiger partial charge is 0.346 e. The summed E-state index contributed by atoms with van der Waals surface area (Å²) in [7, 11) is 0. The number of carbonyl (C=O) groups is 1. The van der Waals surface area contributed by atoms with E-state index in [1.807, 2.05) is 30.5 Å². The average molecular weight is 356 g/mol. The molecule has 0 spiro atoms. The molecule has 2 atom stereocenters. The Morgan fingerprint density at radius 1 is 1.50 bits per heavy atom. The minimum atomic E-state index is -0.0831. The van der Waals surface area contributed by atoms with Gasteiger partial charge in [-0.05, 0) is 37.1 Å². The van der Waals surface area contributed by atoms with Crippen molar-refractivity contribution in [3.8, 4) is 0 Å². The molecule has 110 valence electrons. The molecule has 20 heavy (non-hydrogen) atoms. The van der Waals surface area contributed by atoms with Crippen molar-refractivity contribution in [3.63, 3.8) is 0 Å². The molecule has 1 aromatic rings. The summed E-state index contributed by atoms with van der Waals surface area (Å²) in [6.45, 7) is 2.28. The molecule has 2 unspecified atom stereocenters. The van der Waals surface area contributed by atoms with Gasteiger partial charge >= 0.3 is 0 Å². The van der Waals surface area contributed by atoms with Crippen LogP contribution in [0.1, 0.15) is 43.0 Å². The summed E-state index contributed by atoms with van der Waals surface area (Å²) in [4.78, 5) is 13.7. The summed E-state index contributed by atoms with van der Waals surface area (Å²) in [5.74, 6) is 0.737. The Morgan fingerprint density at radius 2 is 2.25 bits per heavy atom. The summed E-state index contributed by atoms with van der Waals surface area (Å²) >= 11 is 5.23. The molecule has 0 aliphatic heterocycles. The molecule has 0 bridgehead atoms. The van der Waals surface area contributed by atoms with E-state index in [4.69, 9.17) is 0 Å². The van der Waals surface area contributed by atoms with Crippen molar-refractivity contribution in [1.82, 2.24) is 5.32 Å². The topological polar surface area (TPSA) is 29.1 Å². The van der Waals surface area contributed by atoms with Crippen molar-refractivity contribution in [2.75, 3.05) is 11.6 Å². The standard InChI is InChI=1S/C16H22BrNOS/c1-12-6-5-9-16(10-12,11-17)18-15(19)13-7-3-4-8-14(13)20-2/h3-4,7-8,12H,5-6,9-11H2,1-2H3,(H,18,19). The summed E-state index contributed by atoms with van der Waals surface area (Å²) < 4.78 is 0. The van der Waals surface area contributed by atoms with Gasteiger partial charge in [-0.1, -0.05) is 47.8 Å². The first kappa shape index (κ1) is 15.9. The maximum Gasteiger partial charge on any atom is 0.252 e. The summed E-state index contributed by atoms with van der Waals surface area (Å²) in [5.41, 5.74) is 0.707. The van der Waals surface area contributed by atoms with Crippen LogP contribution in [0.25, 0.3) is 0 Å². The van der Waals surface area contributed by atoms with E-state index >= 15 is 0 Å². The maximum atomic E-state index is 12.6. The van der Waals surface area contributed by atoms with Crippen LogP contribution >= 0.6 is 27.7 Å². The highest BCUT2D eigenvalue weighted by Gasteiger charge is 2.35. The zero-order valence-corrected chi connectivity index (χ0v) is 14.5. The lowest BCUT2D eigenvalue weighted by atomic mass is 9.77. The van der Waals surface area contributed by atoms with Crippen LogP contribution in [0, 0.1) is 5.92 Å². The van der Waals surface area contributed by atoms with Crippen molar-refractivity contribution in [3.05, 3.63) is 29.8 Å². The predicted octanol–water partition coefficient (Wildman–Crippen LogP) is 4.48. The van der Waals surface area contributed by atoms with Crippen LogP contribution in [0.15, 0.2) is 29.2 Å². The SMILES string of the molecule is CSc1ccccc1C(=O)NC1(CBr)CCCC(C)C1. The molecule has 1 amide bonds. The lowest BCUT2D eigenvalue weighted by Gasteiger charge is -2.39. The molecule has 2 nitrogen and oxygen atoms in total. The lowest BCUT2D eigenvalue weighted by Crippen LogP contribution is -2.52. The zero-order chi connectivity index (χ0) is 14.6. The molecule has 1 aromatic carbocycles. The first-order valence-electron chi connectivity index (χ1n) is 7.12. The highest BCUT2D eigenvalue weighted by Crippen LogP contribution is 2.34. The molecular formula is C16H22BrNOS. The monoisotopic (exact) mass is 355 g/mol. The first-order valence-corrected chi connectivity index (χ1v) is 9.46. The van der Waals surface area contributed by atoms with E-state index < -0.39 is 0 Å². The number of hydrogen-bond donors (Lipinski definition) is 1. The number of alkyl halides is 1. The van der Waals surface area contributed by atoms with E-state index in [0.29, 0.717) is 5.92 Å². The summed E-state index contributed by atoms with van der Waals surface area (Å²) in [5, 5.41) is 4.14. The number of rotatable bonds is 4. The van der Waals surface area contributed by atoms with Crippen LogP contribution in [0.4, 0.5) is 0 Å². The Morgan fingerprint density at radius 3 is 2.90 bits per heavy atom. The van der Waals surface area contributed by atoms with E-state index in [2.05, 4.69) is 28.2 Å². The van der Waals surface area contributed by atoms with Gasteiger partial charge in [0.15, 0.2) is 0 Å². The number of hydrogen-bond acceptors (Lipinski definition) is 2. The summed E-state index contributed by atoms with van der Waals surface area (Å²) in [6, 6.07) is 7.82. The Hall–Kier alpha value is -0.480. The van der Waals surface area contributed by atoms with E-state index in [1.165, 1.54) is 12.8 Å². The molecule has 1 aliphatic carbocycles. The molecule has 1 saturated carbocycles. The molecule has 1 aliphatic rings. The summed E-state index contributed by atoms with van der Waals surface area (Å²) in [6.07, 6.45) is 6.60. The van der Waals surface area contributed by atoms with Crippen LogP contribution in [0.3, 0.4) is 0 Å². The van der Waals surface area contributed by atoms with Gasteiger partial charge in [0.2, 0.25) is 0 Å². The van der Waals surface area contributed by atoms with Gasteiger partial charge in [0.1, 0.15) is 0 Å². The second-order valence-electron chi connectivity index (χ2n) is 5.77. The second kappa shape index (κ2) is 6.99. The highest BCUT2D eigenvalue weighted by atomic mass is 79.9. The molecule has 1 N–H and O–H groups in total. The number of amides is 1. The third-order valence-electron chi connectivity index (χ3n) is 4.08. The lowest BCUT2D eigenvalue weighted by molar-refractivity contribution is 0.0866.